The lowest BCUT2D eigenvalue weighted by atomic mass is 10.4. The third kappa shape index (κ3) is 3.57. The highest BCUT2D eigenvalue weighted by Gasteiger charge is 2.28. The minimum atomic E-state index is -1.08. The van der Waals surface area contributed by atoms with Crippen molar-refractivity contribution in [2.24, 2.45) is 0 Å². The van der Waals surface area contributed by atoms with Gasteiger partial charge in [0.25, 0.3) is 0 Å². The summed E-state index contributed by atoms with van der Waals surface area (Å²) in [4.78, 5) is 2.83. The summed E-state index contributed by atoms with van der Waals surface area (Å²) in [7, 11) is -1.08. The van der Waals surface area contributed by atoms with E-state index < -0.39 is 7.22 Å². The van der Waals surface area contributed by atoms with Gasteiger partial charge in [0.15, 0.2) is 0 Å². The van der Waals surface area contributed by atoms with Crippen molar-refractivity contribution in [1.82, 2.24) is 0 Å². The van der Waals surface area contributed by atoms with Gasteiger partial charge in [-0.1, -0.05) is 38.9 Å². The lowest BCUT2D eigenvalue weighted by molar-refractivity contribution is 1.22. The van der Waals surface area contributed by atoms with Crippen LogP contribution in [0.25, 0.3) is 0 Å². The van der Waals surface area contributed by atoms with E-state index in [4.69, 9.17) is 0 Å². The Morgan fingerprint density at radius 2 is 1.31 bits per heavy atom. The molecule has 1 aromatic rings. The van der Waals surface area contributed by atoms with Gasteiger partial charge in [-0.2, -0.15) is 11.2 Å². The van der Waals surface area contributed by atoms with Gasteiger partial charge in [0.1, 0.15) is 7.22 Å². The maximum Gasteiger partial charge on any atom is 0.122 e. The van der Waals surface area contributed by atoms with Crippen molar-refractivity contribution in [2.45, 2.75) is 48.7 Å². The fourth-order valence-electron chi connectivity index (χ4n) is 1.86. The van der Waals surface area contributed by atoms with Crippen molar-refractivity contribution in [3.05, 3.63) is 24.3 Å². The normalized spacial score (nSPS) is 11.8. The van der Waals surface area contributed by atoms with E-state index in [9.17, 15) is 0 Å². The van der Waals surface area contributed by atoms with E-state index in [-0.39, 0.29) is 0 Å². The second-order valence-electron chi connectivity index (χ2n) is 4.02. The number of hydrogen-bond donors (Lipinski definition) is 0. The van der Waals surface area contributed by atoms with Gasteiger partial charge in [0, 0.05) is 9.79 Å². The molecule has 0 fully saturated rings. The summed E-state index contributed by atoms with van der Waals surface area (Å²) in [5, 5.41) is 0. The van der Waals surface area contributed by atoms with Crippen molar-refractivity contribution < 1.29 is 0 Å². The van der Waals surface area contributed by atoms with Crippen LogP contribution in [0.15, 0.2) is 34.1 Å². The molecule has 0 aliphatic heterocycles. The lowest BCUT2D eigenvalue weighted by Crippen LogP contribution is -2.26. The van der Waals surface area contributed by atoms with Gasteiger partial charge in [-0.05, 0) is 30.5 Å². The Labute approximate surface area is 109 Å². The maximum atomic E-state index is 2.36. The molecule has 0 spiro atoms. The van der Waals surface area contributed by atoms with Crippen molar-refractivity contribution >= 4 is 30.2 Å². The van der Waals surface area contributed by atoms with Crippen LogP contribution in [0.2, 0.25) is 18.1 Å². The first-order valence-electron chi connectivity index (χ1n) is 6.02. The predicted octanol–water partition coefficient (Wildman–Crippen LogP) is 5.51. The predicted molar refractivity (Wildman–Crippen MR) is 81.3 cm³/mol. The lowest BCUT2D eigenvalue weighted by Gasteiger charge is -2.27. The molecule has 0 saturated carbocycles. The fraction of sp³-hybridized carbons (Fsp3) is 0.538. The van der Waals surface area contributed by atoms with E-state index in [1.165, 1.54) is 27.9 Å². The highest BCUT2D eigenvalue weighted by molar-refractivity contribution is 8.29. The summed E-state index contributed by atoms with van der Waals surface area (Å²) in [5.41, 5.74) is 0. The second-order valence-corrected chi connectivity index (χ2v) is 13.3. The Hall–Kier alpha value is 0.137. The van der Waals surface area contributed by atoms with E-state index in [1.54, 1.807) is 0 Å². The highest BCUT2D eigenvalue weighted by Crippen LogP contribution is 2.38. The van der Waals surface area contributed by atoms with E-state index in [2.05, 4.69) is 62.5 Å². The summed E-state index contributed by atoms with van der Waals surface area (Å²) in [6, 6.07) is 13.2. The molecule has 90 valence electrons. The van der Waals surface area contributed by atoms with Crippen molar-refractivity contribution in [3.63, 3.8) is 0 Å². The molecule has 0 bridgehead atoms. The van der Waals surface area contributed by atoms with Crippen LogP contribution < -0.4 is 0 Å². The maximum absolute atomic E-state index is 2.36. The molecule has 0 aliphatic rings. The standard InChI is InChI=1S/C13H22S2Si/c1-5-16(6-2,7-3)15-13-10-8-12(14-4)9-11-13/h8-11H,5-7H2,1-4H3. The molecular formula is C13H22S2Si. The van der Waals surface area contributed by atoms with E-state index in [1.807, 2.05) is 11.8 Å². The van der Waals surface area contributed by atoms with E-state index >= 15 is 0 Å². The molecule has 0 radical (unpaired) electrons. The zero-order valence-electron chi connectivity index (χ0n) is 10.7. The molecule has 0 unspecified atom stereocenters. The number of rotatable bonds is 6. The third-order valence-corrected chi connectivity index (χ3v) is 13.5. The monoisotopic (exact) mass is 270 g/mol. The average molecular weight is 271 g/mol. The zero-order chi connectivity index (χ0) is 12.0. The molecule has 0 aromatic heterocycles. The van der Waals surface area contributed by atoms with Gasteiger partial charge >= 0.3 is 0 Å². The molecule has 0 N–H and O–H groups in total. The zero-order valence-corrected chi connectivity index (χ0v) is 13.4. The summed E-state index contributed by atoms with van der Waals surface area (Å²) < 4.78 is 0. The van der Waals surface area contributed by atoms with Crippen LogP contribution in [0.3, 0.4) is 0 Å². The van der Waals surface area contributed by atoms with Gasteiger partial charge in [-0.3, -0.25) is 0 Å². The van der Waals surface area contributed by atoms with Crippen LogP contribution in [-0.4, -0.2) is 13.5 Å². The fourth-order valence-corrected chi connectivity index (χ4v) is 8.18. The molecule has 1 aromatic carbocycles. The molecule has 1 rings (SSSR count). The minimum absolute atomic E-state index is 1.08. The molecule has 0 atom stereocenters. The van der Waals surface area contributed by atoms with Crippen molar-refractivity contribution in [2.75, 3.05) is 6.26 Å². The molecule has 0 amide bonds. The average Bonchev–Trinajstić information content (AvgIpc) is 2.37. The Morgan fingerprint density at radius 3 is 1.69 bits per heavy atom. The summed E-state index contributed by atoms with van der Waals surface area (Å²) in [6.45, 7) is 7.09. The smallest absolute Gasteiger partial charge is 0.122 e. The number of hydrogen-bond acceptors (Lipinski definition) is 2. The first-order chi connectivity index (χ1) is 7.69. The second kappa shape index (κ2) is 6.77. The summed E-state index contributed by atoms with van der Waals surface area (Å²) in [5.74, 6) is 0. The molecular weight excluding hydrogens is 248 g/mol. The summed E-state index contributed by atoms with van der Waals surface area (Å²) >= 11 is 4.00. The largest absolute Gasteiger partial charge is 0.151 e. The van der Waals surface area contributed by atoms with E-state index in [0.717, 1.165) is 0 Å². The van der Waals surface area contributed by atoms with Crippen LogP contribution in [-0.2, 0) is 0 Å². The van der Waals surface area contributed by atoms with Gasteiger partial charge in [0.05, 0.1) is 0 Å². The molecule has 16 heavy (non-hydrogen) atoms. The first kappa shape index (κ1) is 14.2. The number of benzene rings is 1. The van der Waals surface area contributed by atoms with Crippen molar-refractivity contribution in [3.8, 4) is 0 Å². The van der Waals surface area contributed by atoms with Crippen LogP contribution >= 0.6 is 23.0 Å². The SMILES string of the molecule is CC[Si](CC)(CC)Sc1ccc(SC)cc1. The van der Waals surface area contributed by atoms with Crippen LogP contribution in [0.1, 0.15) is 20.8 Å². The van der Waals surface area contributed by atoms with E-state index in [0.29, 0.717) is 0 Å². The molecule has 0 saturated heterocycles. The first-order valence-corrected chi connectivity index (χ1v) is 11.4. The Balaban J connectivity index is 2.77. The molecule has 0 aliphatic carbocycles. The minimum Gasteiger partial charge on any atom is -0.151 e. The Kier molecular flexibility index (Phi) is 6.01. The van der Waals surface area contributed by atoms with Crippen LogP contribution in [0, 0.1) is 0 Å². The van der Waals surface area contributed by atoms with Gasteiger partial charge in [-0.25, -0.2) is 0 Å². The topological polar surface area (TPSA) is 0 Å². The van der Waals surface area contributed by atoms with Crippen LogP contribution in [0.4, 0.5) is 0 Å². The number of thioether (sulfide) groups is 1. The quantitative estimate of drug-likeness (QED) is 0.494. The summed E-state index contributed by atoms with van der Waals surface area (Å²) in [6.07, 6.45) is 2.13. The van der Waals surface area contributed by atoms with Crippen molar-refractivity contribution in [1.29, 1.82) is 0 Å². The van der Waals surface area contributed by atoms with Gasteiger partial charge in [0.2, 0.25) is 0 Å². The van der Waals surface area contributed by atoms with Gasteiger partial charge in [-0.15, -0.1) is 11.8 Å². The molecule has 3 heteroatoms. The Morgan fingerprint density at radius 1 is 0.875 bits per heavy atom. The highest BCUT2D eigenvalue weighted by atomic mass is 32.4. The third-order valence-electron chi connectivity index (χ3n) is 3.33. The molecule has 0 heterocycles. The molecule has 0 nitrogen and oxygen atoms in total. The van der Waals surface area contributed by atoms with Gasteiger partial charge < -0.3 is 0 Å². The van der Waals surface area contributed by atoms with Crippen LogP contribution in [0.5, 0.6) is 0 Å². The Bertz CT molecular complexity index is 296.